The van der Waals surface area contributed by atoms with Crippen molar-refractivity contribution in [2.24, 2.45) is 0 Å². The van der Waals surface area contributed by atoms with Crippen molar-refractivity contribution in [1.29, 1.82) is 0 Å². The average molecular weight is 404 g/mol. The van der Waals surface area contributed by atoms with Gasteiger partial charge in [-0.2, -0.15) is 0 Å². The molecule has 0 spiro atoms. The summed E-state index contributed by atoms with van der Waals surface area (Å²) in [6, 6.07) is 27.0. The summed E-state index contributed by atoms with van der Waals surface area (Å²) in [6.45, 7) is 0. The maximum Gasteiger partial charge on any atom is 0.0485 e. The first-order valence-corrected chi connectivity index (χ1v) is 11.4. The molecule has 0 radical (unpaired) electrons. The molecular formula is C26H13NS2. The predicted octanol–water partition coefficient (Wildman–Crippen LogP) is 8.65. The Morgan fingerprint density at radius 2 is 0.931 bits per heavy atom. The second-order valence-electron chi connectivity index (χ2n) is 7.83. The van der Waals surface area contributed by atoms with Gasteiger partial charge in [-0.25, -0.2) is 0 Å². The van der Waals surface area contributed by atoms with Crippen LogP contribution >= 0.6 is 22.7 Å². The first-order chi connectivity index (χ1) is 14.4. The molecule has 0 bridgehead atoms. The number of hydrogen-bond donors (Lipinski definition) is 1. The standard InChI is InChI=1S/C26H13NS2/c1-3-7-19-13(5-1)23-15-9-10-16-24-14-6-2-4-8-20(14)29-22(24)12-18-26(16)25(15)17(27-18)11-21(23)28-19/h1-12,27H. The molecule has 0 aliphatic heterocycles. The molecule has 0 saturated heterocycles. The zero-order valence-corrected chi connectivity index (χ0v) is 16.9. The summed E-state index contributed by atoms with van der Waals surface area (Å²) in [5.41, 5.74) is 2.50. The van der Waals surface area contributed by atoms with E-state index in [4.69, 9.17) is 0 Å². The van der Waals surface area contributed by atoms with Crippen LogP contribution in [-0.4, -0.2) is 4.98 Å². The van der Waals surface area contributed by atoms with Gasteiger partial charge in [0.25, 0.3) is 0 Å². The van der Waals surface area contributed by atoms with Gasteiger partial charge < -0.3 is 4.98 Å². The number of aromatic nitrogens is 1. The summed E-state index contributed by atoms with van der Waals surface area (Å²) in [6.07, 6.45) is 0. The lowest BCUT2D eigenvalue weighted by Gasteiger charge is -2.06. The van der Waals surface area contributed by atoms with Crippen molar-refractivity contribution in [3.63, 3.8) is 0 Å². The summed E-state index contributed by atoms with van der Waals surface area (Å²) in [5, 5.41) is 11.0. The van der Waals surface area contributed by atoms with E-state index in [2.05, 4.69) is 77.8 Å². The molecule has 0 amide bonds. The van der Waals surface area contributed by atoms with E-state index >= 15 is 0 Å². The van der Waals surface area contributed by atoms with Crippen molar-refractivity contribution in [2.45, 2.75) is 0 Å². The fourth-order valence-corrected chi connectivity index (χ4v) is 7.54. The van der Waals surface area contributed by atoms with Gasteiger partial charge >= 0.3 is 0 Å². The zero-order chi connectivity index (χ0) is 18.7. The Morgan fingerprint density at radius 3 is 1.45 bits per heavy atom. The number of aromatic amines is 1. The Kier molecular flexibility index (Phi) is 2.49. The van der Waals surface area contributed by atoms with E-state index in [0.717, 1.165) is 0 Å². The van der Waals surface area contributed by atoms with Gasteiger partial charge in [0.05, 0.1) is 0 Å². The lowest BCUT2D eigenvalue weighted by Crippen LogP contribution is -1.79. The maximum atomic E-state index is 3.75. The Labute approximate surface area is 173 Å². The summed E-state index contributed by atoms with van der Waals surface area (Å²) in [5.74, 6) is 0. The van der Waals surface area contributed by atoms with E-state index in [1.54, 1.807) is 0 Å². The van der Waals surface area contributed by atoms with Crippen LogP contribution in [0.2, 0.25) is 0 Å². The molecule has 0 unspecified atom stereocenters. The molecule has 0 saturated carbocycles. The third kappa shape index (κ3) is 1.68. The van der Waals surface area contributed by atoms with Gasteiger partial charge in [0.2, 0.25) is 0 Å². The van der Waals surface area contributed by atoms with E-state index in [9.17, 15) is 0 Å². The van der Waals surface area contributed by atoms with Gasteiger partial charge in [-0.05, 0) is 35.0 Å². The van der Waals surface area contributed by atoms with Gasteiger partial charge in [0.1, 0.15) is 0 Å². The van der Waals surface area contributed by atoms with Crippen molar-refractivity contribution in [2.75, 3.05) is 0 Å². The lowest BCUT2D eigenvalue weighted by molar-refractivity contribution is 1.57. The van der Waals surface area contributed by atoms with Gasteiger partial charge in [-0.3, -0.25) is 0 Å². The SMILES string of the molecule is c1ccc2c(c1)sc1cc3[nH]c4cc5sc6ccccc6c5c5ccc(c12)c3c45. The second-order valence-corrected chi connectivity index (χ2v) is 9.99. The van der Waals surface area contributed by atoms with Crippen LogP contribution in [0.1, 0.15) is 0 Å². The number of benzene rings is 5. The van der Waals surface area contributed by atoms with Crippen LogP contribution in [0, 0.1) is 0 Å². The molecule has 1 nitrogen and oxygen atoms in total. The van der Waals surface area contributed by atoms with Gasteiger partial charge in [-0.1, -0.05) is 48.5 Å². The molecule has 1 N–H and O–H groups in total. The maximum absolute atomic E-state index is 3.75. The molecule has 0 fully saturated rings. The predicted molar refractivity (Wildman–Crippen MR) is 130 cm³/mol. The highest BCUT2D eigenvalue weighted by Crippen LogP contribution is 2.47. The zero-order valence-electron chi connectivity index (χ0n) is 15.2. The fraction of sp³-hybridized carbons (Fsp3) is 0. The third-order valence-electron chi connectivity index (χ3n) is 6.35. The minimum absolute atomic E-state index is 1.25. The Hall–Kier alpha value is -3.14. The van der Waals surface area contributed by atoms with E-state index in [1.165, 1.54) is 72.9 Å². The number of thiophene rings is 2. The first-order valence-electron chi connectivity index (χ1n) is 9.79. The van der Waals surface area contributed by atoms with Crippen LogP contribution in [0.25, 0.3) is 72.9 Å². The fourth-order valence-electron chi connectivity index (χ4n) is 5.22. The van der Waals surface area contributed by atoms with Crippen LogP contribution in [0.3, 0.4) is 0 Å². The number of H-pyrrole nitrogens is 1. The van der Waals surface area contributed by atoms with Crippen molar-refractivity contribution >= 4 is 95.6 Å². The summed E-state index contributed by atoms with van der Waals surface area (Å²) in [7, 11) is 0. The molecule has 5 aromatic carbocycles. The molecule has 0 aliphatic rings. The van der Waals surface area contributed by atoms with Crippen molar-refractivity contribution < 1.29 is 0 Å². The molecule has 0 aliphatic carbocycles. The Bertz CT molecular complexity index is 1770. The minimum atomic E-state index is 1.25. The number of hydrogen-bond acceptors (Lipinski definition) is 2. The van der Waals surface area contributed by atoms with Gasteiger partial charge in [-0.15, -0.1) is 22.7 Å². The largest absolute Gasteiger partial charge is 0.354 e. The highest BCUT2D eigenvalue weighted by atomic mass is 32.1. The monoisotopic (exact) mass is 403 g/mol. The molecule has 3 aromatic heterocycles. The minimum Gasteiger partial charge on any atom is -0.354 e. The van der Waals surface area contributed by atoms with Crippen molar-refractivity contribution in [3.8, 4) is 0 Å². The smallest absolute Gasteiger partial charge is 0.0485 e. The molecule has 8 rings (SSSR count). The van der Waals surface area contributed by atoms with Crippen LogP contribution in [0.15, 0.2) is 72.8 Å². The number of rotatable bonds is 0. The average Bonchev–Trinajstić information content (AvgIpc) is 3.41. The highest BCUT2D eigenvalue weighted by molar-refractivity contribution is 7.26. The van der Waals surface area contributed by atoms with Crippen molar-refractivity contribution in [1.82, 2.24) is 4.98 Å². The van der Waals surface area contributed by atoms with Crippen LogP contribution in [-0.2, 0) is 0 Å². The van der Waals surface area contributed by atoms with Crippen LogP contribution < -0.4 is 0 Å². The molecule has 8 aromatic rings. The van der Waals surface area contributed by atoms with E-state index in [-0.39, 0.29) is 0 Å². The normalized spacial score (nSPS) is 12.8. The molecular weight excluding hydrogens is 390 g/mol. The second kappa shape index (κ2) is 4.88. The van der Waals surface area contributed by atoms with E-state index in [1.807, 2.05) is 22.7 Å². The van der Waals surface area contributed by atoms with E-state index in [0.29, 0.717) is 0 Å². The summed E-state index contributed by atoms with van der Waals surface area (Å²) < 4.78 is 5.45. The Morgan fingerprint density at radius 1 is 0.448 bits per heavy atom. The van der Waals surface area contributed by atoms with Gasteiger partial charge in [0.15, 0.2) is 0 Å². The van der Waals surface area contributed by atoms with Crippen LogP contribution in [0.5, 0.6) is 0 Å². The molecule has 3 heteroatoms. The first kappa shape index (κ1) is 14.8. The molecule has 0 atom stereocenters. The van der Waals surface area contributed by atoms with Crippen LogP contribution in [0.4, 0.5) is 0 Å². The lowest BCUT2D eigenvalue weighted by atomic mass is 9.96. The molecule has 134 valence electrons. The summed E-state index contributed by atoms with van der Waals surface area (Å²) in [4.78, 5) is 3.75. The Balaban J connectivity index is 1.69. The summed E-state index contributed by atoms with van der Waals surface area (Å²) >= 11 is 3.78. The topological polar surface area (TPSA) is 15.8 Å². The van der Waals surface area contributed by atoms with E-state index < -0.39 is 0 Å². The number of nitrogens with one attached hydrogen (secondary N) is 1. The third-order valence-corrected chi connectivity index (χ3v) is 8.58. The number of fused-ring (bicyclic) bond motifs is 8. The van der Waals surface area contributed by atoms with Gasteiger partial charge in [0, 0.05) is 62.2 Å². The molecule has 29 heavy (non-hydrogen) atoms. The molecule has 3 heterocycles. The van der Waals surface area contributed by atoms with Crippen molar-refractivity contribution in [3.05, 3.63) is 72.8 Å². The quantitative estimate of drug-likeness (QED) is 0.244. The highest BCUT2D eigenvalue weighted by Gasteiger charge is 2.19.